The minimum absolute atomic E-state index is 0.0258. The summed E-state index contributed by atoms with van der Waals surface area (Å²) in [5.41, 5.74) is -0.959. The summed E-state index contributed by atoms with van der Waals surface area (Å²) >= 11 is 0. The summed E-state index contributed by atoms with van der Waals surface area (Å²) in [7, 11) is 0. The third-order valence-electron chi connectivity index (χ3n) is 4.13. The first kappa shape index (κ1) is 19.3. The molecule has 0 aliphatic heterocycles. The zero-order chi connectivity index (χ0) is 21.3. The number of benzene rings is 3. The van der Waals surface area contributed by atoms with Gasteiger partial charge < -0.3 is 13.9 Å². The van der Waals surface area contributed by atoms with Gasteiger partial charge in [0.25, 0.3) is 0 Å². The molecule has 0 bridgehead atoms. The maximum Gasteiger partial charge on any atom is 0.346 e. The van der Waals surface area contributed by atoms with E-state index in [2.05, 4.69) is 0 Å². The van der Waals surface area contributed by atoms with Crippen LogP contribution in [0, 0.1) is 17.5 Å². The average molecular weight is 412 g/mol. The van der Waals surface area contributed by atoms with Crippen molar-refractivity contribution in [1.29, 1.82) is 0 Å². The Morgan fingerprint density at radius 3 is 2.43 bits per heavy atom. The summed E-state index contributed by atoms with van der Waals surface area (Å²) < 4.78 is 56.1. The standard InChI is InChI=1S/C22H11F3O5/c23-12-5-7-14(17(25)9-12)22(27)29-13-6-8-15-19(10-13)28-11-20(21(15)26)30-18-4-2-1-3-16(18)24/h1-11H. The molecule has 0 radical (unpaired) electrons. The van der Waals surface area contributed by atoms with Crippen molar-refractivity contribution in [3.05, 3.63) is 100 Å². The van der Waals surface area contributed by atoms with Gasteiger partial charge in [0.1, 0.15) is 29.2 Å². The third-order valence-corrected chi connectivity index (χ3v) is 4.13. The maximum atomic E-state index is 13.7. The number of carbonyl (C=O) groups excluding carboxylic acids is 1. The van der Waals surface area contributed by atoms with E-state index in [1.165, 1.54) is 36.4 Å². The Bertz CT molecular complexity index is 1330. The zero-order valence-corrected chi connectivity index (χ0v) is 15.0. The molecule has 8 heteroatoms. The molecule has 0 unspecified atom stereocenters. The minimum Gasteiger partial charge on any atom is -0.460 e. The number of esters is 1. The molecule has 0 saturated heterocycles. The van der Waals surface area contributed by atoms with Crippen molar-refractivity contribution in [2.45, 2.75) is 0 Å². The van der Waals surface area contributed by atoms with Crippen molar-refractivity contribution in [2.24, 2.45) is 0 Å². The van der Waals surface area contributed by atoms with Gasteiger partial charge in [0.05, 0.1) is 10.9 Å². The summed E-state index contributed by atoms with van der Waals surface area (Å²) in [6, 6.07) is 11.9. The molecule has 150 valence electrons. The largest absolute Gasteiger partial charge is 0.460 e. The highest BCUT2D eigenvalue weighted by Gasteiger charge is 2.17. The molecule has 0 amide bonds. The fraction of sp³-hybridized carbons (Fsp3) is 0. The first-order chi connectivity index (χ1) is 14.4. The lowest BCUT2D eigenvalue weighted by Crippen LogP contribution is -2.11. The van der Waals surface area contributed by atoms with E-state index in [4.69, 9.17) is 13.9 Å². The third kappa shape index (κ3) is 3.75. The predicted octanol–water partition coefficient (Wildman–Crippen LogP) is 5.22. The molecule has 4 rings (SSSR count). The smallest absolute Gasteiger partial charge is 0.346 e. The van der Waals surface area contributed by atoms with Crippen molar-refractivity contribution in [1.82, 2.24) is 0 Å². The van der Waals surface area contributed by atoms with Crippen LogP contribution in [0.5, 0.6) is 17.2 Å². The van der Waals surface area contributed by atoms with E-state index < -0.39 is 34.4 Å². The van der Waals surface area contributed by atoms with Gasteiger partial charge in [-0.1, -0.05) is 12.1 Å². The fourth-order valence-corrected chi connectivity index (χ4v) is 2.69. The molecule has 3 aromatic carbocycles. The molecule has 4 aromatic rings. The molecule has 0 atom stereocenters. The van der Waals surface area contributed by atoms with E-state index in [0.717, 1.165) is 18.4 Å². The zero-order valence-electron chi connectivity index (χ0n) is 15.0. The lowest BCUT2D eigenvalue weighted by molar-refractivity contribution is 0.0730. The fourth-order valence-electron chi connectivity index (χ4n) is 2.69. The first-order valence-corrected chi connectivity index (χ1v) is 8.57. The van der Waals surface area contributed by atoms with Crippen LogP contribution in [0.3, 0.4) is 0 Å². The van der Waals surface area contributed by atoms with Crippen LogP contribution in [-0.2, 0) is 0 Å². The van der Waals surface area contributed by atoms with Crippen LogP contribution < -0.4 is 14.9 Å². The molecule has 0 spiro atoms. The summed E-state index contributed by atoms with van der Waals surface area (Å²) in [6.07, 6.45) is 1.00. The number of rotatable bonds is 4. The predicted molar refractivity (Wildman–Crippen MR) is 100 cm³/mol. The van der Waals surface area contributed by atoms with Crippen LogP contribution in [0.15, 0.2) is 76.1 Å². The number of ether oxygens (including phenoxy) is 2. The van der Waals surface area contributed by atoms with Gasteiger partial charge in [0.15, 0.2) is 11.6 Å². The minimum atomic E-state index is -1.07. The Kier molecular flexibility index (Phi) is 4.97. The van der Waals surface area contributed by atoms with E-state index >= 15 is 0 Å². The molecular formula is C22H11F3O5. The number of carbonyl (C=O) groups is 1. The highest BCUT2D eigenvalue weighted by molar-refractivity contribution is 5.92. The van der Waals surface area contributed by atoms with Gasteiger partial charge in [-0.2, -0.15) is 0 Å². The lowest BCUT2D eigenvalue weighted by atomic mass is 10.2. The van der Waals surface area contributed by atoms with Crippen LogP contribution >= 0.6 is 0 Å². The van der Waals surface area contributed by atoms with Gasteiger partial charge in [-0.05, 0) is 36.4 Å². The molecule has 1 heterocycles. The quantitative estimate of drug-likeness (QED) is 0.340. The summed E-state index contributed by atoms with van der Waals surface area (Å²) in [5.74, 6) is -3.99. The lowest BCUT2D eigenvalue weighted by Gasteiger charge is -2.08. The van der Waals surface area contributed by atoms with Gasteiger partial charge in [-0.25, -0.2) is 18.0 Å². The number of halogens is 3. The molecule has 0 N–H and O–H groups in total. The first-order valence-electron chi connectivity index (χ1n) is 8.57. The Hall–Kier alpha value is -4.07. The number of para-hydroxylation sites is 1. The van der Waals surface area contributed by atoms with Crippen molar-refractivity contribution in [3.8, 4) is 17.2 Å². The van der Waals surface area contributed by atoms with E-state index in [9.17, 15) is 22.8 Å². The normalized spacial score (nSPS) is 10.8. The summed E-state index contributed by atoms with van der Waals surface area (Å²) in [5, 5.41) is 0.0941. The molecule has 30 heavy (non-hydrogen) atoms. The van der Waals surface area contributed by atoms with Crippen LogP contribution in [0.2, 0.25) is 0 Å². The van der Waals surface area contributed by atoms with Crippen molar-refractivity contribution in [2.75, 3.05) is 0 Å². The molecule has 0 saturated carbocycles. The molecule has 0 aliphatic rings. The SMILES string of the molecule is O=C(Oc1ccc2c(=O)c(Oc3ccccc3F)coc2c1)c1ccc(F)cc1F. The van der Waals surface area contributed by atoms with Gasteiger partial charge >= 0.3 is 5.97 Å². The van der Waals surface area contributed by atoms with Crippen molar-refractivity contribution < 1.29 is 31.9 Å². The molecular weight excluding hydrogens is 401 g/mol. The molecule has 0 aliphatic carbocycles. The van der Waals surface area contributed by atoms with Crippen LogP contribution in [0.25, 0.3) is 11.0 Å². The Morgan fingerprint density at radius 1 is 0.867 bits per heavy atom. The van der Waals surface area contributed by atoms with E-state index in [1.807, 2.05) is 0 Å². The number of hydrogen-bond donors (Lipinski definition) is 0. The highest BCUT2D eigenvalue weighted by Crippen LogP contribution is 2.26. The van der Waals surface area contributed by atoms with E-state index in [1.54, 1.807) is 6.07 Å². The van der Waals surface area contributed by atoms with Crippen LogP contribution in [-0.4, -0.2) is 5.97 Å². The Labute approximate surface area is 166 Å². The van der Waals surface area contributed by atoms with Crippen LogP contribution in [0.4, 0.5) is 13.2 Å². The Balaban J connectivity index is 1.61. The van der Waals surface area contributed by atoms with Gasteiger partial charge in [-0.3, -0.25) is 4.79 Å². The second-order valence-corrected chi connectivity index (χ2v) is 6.13. The van der Waals surface area contributed by atoms with Gasteiger partial charge in [0, 0.05) is 12.1 Å². The highest BCUT2D eigenvalue weighted by atomic mass is 19.1. The molecule has 1 aromatic heterocycles. The molecule has 5 nitrogen and oxygen atoms in total. The second kappa shape index (κ2) is 7.75. The van der Waals surface area contributed by atoms with Gasteiger partial charge in [-0.15, -0.1) is 0 Å². The van der Waals surface area contributed by atoms with Crippen molar-refractivity contribution >= 4 is 16.9 Å². The van der Waals surface area contributed by atoms with Gasteiger partial charge in [0.2, 0.25) is 11.2 Å². The maximum absolute atomic E-state index is 13.7. The topological polar surface area (TPSA) is 65.7 Å². The Morgan fingerprint density at radius 2 is 1.67 bits per heavy atom. The number of hydrogen-bond acceptors (Lipinski definition) is 5. The van der Waals surface area contributed by atoms with E-state index in [-0.39, 0.29) is 28.2 Å². The molecule has 0 fully saturated rings. The van der Waals surface area contributed by atoms with E-state index in [0.29, 0.717) is 6.07 Å². The van der Waals surface area contributed by atoms with Crippen LogP contribution in [0.1, 0.15) is 10.4 Å². The average Bonchev–Trinajstić information content (AvgIpc) is 2.71. The second-order valence-electron chi connectivity index (χ2n) is 6.13. The summed E-state index contributed by atoms with van der Waals surface area (Å²) in [4.78, 5) is 24.7. The monoisotopic (exact) mass is 412 g/mol. The number of fused-ring (bicyclic) bond motifs is 1. The summed E-state index contributed by atoms with van der Waals surface area (Å²) in [6.45, 7) is 0. The van der Waals surface area contributed by atoms with Crippen molar-refractivity contribution in [3.63, 3.8) is 0 Å².